The van der Waals surface area contributed by atoms with Gasteiger partial charge in [-0.3, -0.25) is 0 Å². The molecular formula is C8H9ClO3Zn. The van der Waals surface area contributed by atoms with Crippen molar-refractivity contribution in [2.24, 2.45) is 0 Å². The van der Waals surface area contributed by atoms with Crippen LogP contribution in [0.1, 0.15) is 6.92 Å². The Labute approximate surface area is 95.3 Å². The zero-order valence-corrected chi connectivity index (χ0v) is 11.1. The summed E-state index contributed by atoms with van der Waals surface area (Å²) in [6.07, 6.45) is 0. The summed E-state index contributed by atoms with van der Waals surface area (Å²) < 4.78 is 9.59. The predicted octanol–water partition coefficient (Wildman–Crippen LogP) is -3.85. The maximum Gasteiger partial charge on any atom is 2.00 e. The minimum absolute atomic E-state index is 0. The molecule has 0 saturated carbocycles. The average Bonchev–Trinajstić information content (AvgIpc) is 2.36. The second-order valence-electron chi connectivity index (χ2n) is 1.99. The zero-order chi connectivity index (χ0) is 8.27. The predicted molar refractivity (Wildman–Crippen MR) is 38.5 cm³/mol. The molecule has 0 fully saturated rings. The molecule has 0 aromatic carbocycles. The Kier molecular flexibility index (Phi) is 8.08. The van der Waals surface area contributed by atoms with Crippen LogP contribution in [-0.2, 0) is 24.2 Å². The topological polar surface area (TPSA) is 45.4 Å². The van der Waals surface area contributed by atoms with Crippen LogP contribution >= 0.6 is 0 Å². The number of ether oxygens (including phenoxy) is 1. The average molecular weight is 254 g/mol. The smallest absolute Gasteiger partial charge is 1.00 e. The number of hydrogen-bond acceptors (Lipinski definition) is 3. The van der Waals surface area contributed by atoms with Crippen LogP contribution in [0, 0.1) is 0 Å². The molecule has 0 aliphatic rings. The Bertz CT molecular complexity index is 333. The fourth-order valence-corrected chi connectivity index (χ4v) is 0.690. The maximum absolute atomic E-state index is 10.9. The van der Waals surface area contributed by atoms with Crippen molar-refractivity contribution >= 4 is 12.5 Å². The van der Waals surface area contributed by atoms with E-state index in [-0.39, 0.29) is 37.3 Å². The fourth-order valence-electron chi connectivity index (χ4n) is 0.690. The standard InChI is InChI=1S/C8H10O3.ClH.Zn/c1-3-10-8(9)7-5-4-6(2)11-7;;/h4-5,9H,2-3H2,1H3;1H;/q;;+2/p-2. The molecule has 0 atom stereocenters. The molecule has 0 aliphatic carbocycles. The van der Waals surface area contributed by atoms with E-state index in [1.54, 1.807) is 19.1 Å². The van der Waals surface area contributed by atoms with Crippen LogP contribution in [0.5, 0.6) is 0 Å². The summed E-state index contributed by atoms with van der Waals surface area (Å²) in [6.45, 7) is 5.60. The summed E-state index contributed by atoms with van der Waals surface area (Å²) in [4.78, 5) is 0. The van der Waals surface area contributed by atoms with Gasteiger partial charge in [0.15, 0.2) is 0 Å². The molecule has 13 heavy (non-hydrogen) atoms. The molecule has 0 radical (unpaired) electrons. The first-order valence-electron chi connectivity index (χ1n) is 3.33. The summed E-state index contributed by atoms with van der Waals surface area (Å²) in [5, 5.41) is 10.9. The van der Waals surface area contributed by atoms with E-state index in [4.69, 9.17) is 4.42 Å². The molecule has 0 bridgehead atoms. The molecule has 1 heterocycles. The van der Waals surface area contributed by atoms with Crippen molar-refractivity contribution in [3.63, 3.8) is 0 Å². The molecular weight excluding hydrogens is 245 g/mol. The van der Waals surface area contributed by atoms with Gasteiger partial charge in [0.05, 0.1) is 5.95 Å². The van der Waals surface area contributed by atoms with Crippen LogP contribution in [-0.4, -0.2) is 6.61 Å². The van der Waals surface area contributed by atoms with Crippen molar-refractivity contribution in [2.45, 2.75) is 6.92 Å². The van der Waals surface area contributed by atoms with Crippen LogP contribution in [0.3, 0.4) is 0 Å². The van der Waals surface area contributed by atoms with Gasteiger partial charge in [-0.25, -0.2) is 0 Å². The van der Waals surface area contributed by atoms with Crippen LogP contribution < -0.4 is 28.3 Å². The molecule has 1 aromatic heterocycles. The number of furan rings is 1. The summed E-state index contributed by atoms with van der Waals surface area (Å²) in [7, 11) is 0. The van der Waals surface area contributed by atoms with E-state index in [2.05, 4.69) is 11.3 Å². The summed E-state index contributed by atoms with van der Waals surface area (Å²) in [5.74, 6) is -0.442. The van der Waals surface area contributed by atoms with Gasteiger partial charge in [-0.2, -0.15) is 0 Å². The van der Waals surface area contributed by atoms with E-state index in [1.165, 1.54) is 0 Å². The first-order chi connectivity index (χ1) is 5.24. The van der Waals surface area contributed by atoms with E-state index in [9.17, 15) is 5.11 Å². The minimum Gasteiger partial charge on any atom is -1.00 e. The van der Waals surface area contributed by atoms with E-state index in [0.717, 1.165) is 0 Å². The van der Waals surface area contributed by atoms with E-state index in [0.29, 0.717) is 12.0 Å². The number of hydrogen-bond donors (Lipinski definition) is 0. The Balaban J connectivity index is 0. The second-order valence-corrected chi connectivity index (χ2v) is 1.99. The normalized spacial score (nSPS) is 10.8. The van der Waals surface area contributed by atoms with Crippen molar-refractivity contribution in [3.8, 4) is 0 Å². The molecule has 0 aliphatic heterocycles. The van der Waals surface area contributed by atoms with Gasteiger partial charge in [-0.15, -0.1) is 0 Å². The van der Waals surface area contributed by atoms with E-state index < -0.39 is 5.95 Å². The Morgan fingerprint density at radius 2 is 2.23 bits per heavy atom. The summed E-state index contributed by atoms with van der Waals surface area (Å²) in [6, 6.07) is 3.16. The first kappa shape index (κ1) is 15.0. The van der Waals surface area contributed by atoms with Gasteiger partial charge in [0, 0.05) is 0 Å². The van der Waals surface area contributed by atoms with Gasteiger partial charge >= 0.3 is 19.5 Å². The van der Waals surface area contributed by atoms with Crippen molar-refractivity contribution in [1.82, 2.24) is 0 Å². The van der Waals surface area contributed by atoms with Crippen LogP contribution in [0.15, 0.2) is 16.5 Å². The van der Waals surface area contributed by atoms with Crippen LogP contribution in [0.4, 0.5) is 0 Å². The van der Waals surface area contributed by atoms with Gasteiger partial charge in [0.2, 0.25) is 0 Å². The Morgan fingerprint density at radius 3 is 2.62 bits per heavy atom. The number of rotatable bonds is 2. The Morgan fingerprint density at radius 1 is 1.62 bits per heavy atom. The summed E-state index contributed by atoms with van der Waals surface area (Å²) >= 11 is 0. The second kappa shape index (κ2) is 6.99. The molecule has 1 aromatic rings. The molecule has 3 nitrogen and oxygen atoms in total. The Hall–Kier alpha value is -0.467. The number of halogens is 1. The van der Waals surface area contributed by atoms with Crippen molar-refractivity contribution in [3.05, 3.63) is 23.0 Å². The van der Waals surface area contributed by atoms with Gasteiger partial charge in [-0.1, -0.05) is 13.5 Å². The molecule has 0 N–H and O–H groups in total. The van der Waals surface area contributed by atoms with Crippen LogP contribution in [0.2, 0.25) is 0 Å². The molecule has 0 spiro atoms. The first-order valence-corrected chi connectivity index (χ1v) is 3.33. The third kappa shape index (κ3) is 4.34. The SMILES string of the molecule is C=c1ccc(=C([O-])OCC)o1.[Cl-].[Zn+2]. The molecule has 68 valence electrons. The maximum atomic E-state index is 10.9. The minimum atomic E-state index is -0.442. The van der Waals surface area contributed by atoms with Crippen molar-refractivity contribution < 1.29 is 46.1 Å². The van der Waals surface area contributed by atoms with Crippen molar-refractivity contribution in [2.75, 3.05) is 6.61 Å². The van der Waals surface area contributed by atoms with Gasteiger partial charge in [-0.05, 0) is 18.7 Å². The molecule has 0 amide bonds. The van der Waals surface area contributed by atoms with E-state index >= 15 is 0 Å². The summed E-state index contributed by atoms with van der Waals surface area (Å²) in [5.41, 5.74) is 0.671. The molecule has 1 rings (SSSR count). The molecule has 5 heteroatoms. The zero-order valence-electron chi connectivity index (χ0n) is 7.38. The van der Waals surface area contributed by atoms with E-state index in [1.807, 2.05) is 0 Å². The third-order valence-electron chi connectivity index (χ3n) is 1.14. The third-order valence-corrected chi connectivity index (χ3v) is 1.14. The largest absolute Gasteiger partial charge is 2.00 e. The van der Waals surface area contributed by atoms with Crippen molar-refractivity contribution in [1.29, 1.82) is 0 Å². The monoisotopic (exact) mass is 252 g/mol. The van der Waals surface area contributed by atoms with Crippen LogP contribution in [0.25, 0.3) is 12.5 Å². The van der Waals surface area contributed by atoms with Gasteiger partial charge in [0.1, 0.15) is 10.8 Å². The molecule has 0 unspecified atom stereocenters. The quantitative estimate of drug-likeness (QED) is 0.508. The van der Waals surface area contributed by atoms with Gasteiger partial charge < -0.3 is 26.7 Å². The molecule has 0 saturated heterocycles. The fraction of sp³-hybridized carbons (Fsp3) is 0.250. The van der Waals surface area contributed by atoms with Gasteiger partial charge in [0.25, 0.3) is 0 Å².